The highest BCUT2D eigenvalue weighted by atomic mass is 16.5. The summed E-state index contributed by atoms with van der Waals surface area (Å²) in [5.41, 5.74) is 4.89. The molecule has 0 unspecified atom stereocenters. The number of ketones is 1. The van der Waals surface area contributed by atoms with Gasteiger partial charge in [-0.2, -0.15) is 0 Å². The highest BCUT2D eigenvalue weighted by Gasteiger charge is 2.41. The van der Waals surface area contributed by atoms with E-state index in [1.165, 1.54) is 0 Å². The van der Waals surface area contributed by atoms with Crippen molar-refractivity contribution < 1.29 is 14.3 Å². The Balaban J connectivity index is 1.76. The molecular formula is C26H28N2O3. The molecule has 1 aromatic carbocycles. The van der Waals surface area contributed by atoms with Gasteiger partial charge in [0.25, 0.3) is 0 Å². The van der Waals surface area contributed by atoms with E-state index in [1.54, 1.807) is 12.4 Å². The van der Waals surface area contributed by atoms with E-state index in [4.69, 9.17) is 4.74 Å². The summed E-state index contributed by atoms with van der Waals surface area (Å²) >= 11 is 0. The Kier molecular flexibility index (Phi) is 6.03. The van der Waals surface area contributed by atoms with Crippen molar-refractivity contribution in [2.24, 2.45) is 0 Å². The quantitative estimate of drug-likeness (QED) is 0.710. The summed E-state index contributed by atoms with van der Waals surface area (Å²) in [4.78, 5) is 30.7. The van der Waals surface area contributed by atoms with Gasteiger partial charge in [0.1, 0.15) is 0 Å². The fraction of sp³-hybridized carbons (Fsp3) is 0.346. The predicted molar refractivity (Wildman–Crippen MR) is 119 cm³/mol. The van der Waals surface area contributed by atoms with Gasteiger partial charge in [-0.3, -0.25) is 9.78 Å². The van der Waals surface area contributed by atoms with Gasteiger partial charge < -0.3 is 10.1 Å². The third kappa shape index (κ3) is 4.18. The molecule has 5 nitrogen and oxygen atoms in total. The zero-order valence-corrected chi connectivity index (χ0v) is 18.2. The number of nitrogens with zero attached hydrogens (tertiary/aromatic N) is 1. The smallest absolute Gasteiger partial charge is 0.337 e. The fourth-order valence-electron chi connectivity index (χ4n) is 4.49. The van der Waals surface area contributed by atoms with Crippen molar-refractivity contribution >= 4 is 11.8 Å². The standard InChI is InChI=1S/C26H28N2O3/c1-4-16(2)31-26(30)23-17(3)28-21-14-20(18-8-6-5-7-9-18)15-22(29)25(21)24(23)19-10-12-27-13-11-19/h5-13,16,20,24,28H,4,14-15H2,1-3H3/t16-,20-,24-/m1/s1. The number of rotatable bonds is 5. The van der Waals surface area contributed by atoms with Gasteiger partial charge in [-0.25, -0.2) is 4.79 Å². The van der Waals surface area contributed by atoms with Gasteiger partial charge in [-0.1, -0.05) is 37.3 Å². The molecule has 0 amide bonds. The Labute approximate surface area is 183 Å². The van der Waals surface area contributed by atoms with Crippen molar-refractivity contribution in [1.82, 2.24) is 10.3 Å². The van der Waals surface area contributed by atoms with Crippen molar-refractivity contribution in [2.75, 3.05) is 0 Å². The van der Waals surface area contributed by atoms with Crippen LogP contribution in [0.25, 0.3) is 0 Å². The van der Waals surface area contributed by atoms with Gasteiger partial charge in [-0.15, -0.1) is 0 Å². The zero-order chi connectivity index (χ0) is 22.0. The highest BCUT2D eigenvalue weighted by molar-refractivity contribution is 6.04. The van der Waals surface area contributed by atoms with Gasteiger partial charge >= 0.3 is 5.97 Å². The number of carbonyl (C=O) groups is 2. The number of pyridine rings is 1. The summed E-state index contributed by atoms with van der Waals surface area (Å²) in [7, 11) is 0. The molecule has 3 atom stereocenters. The third-order valence-electron chi connectivity index (χ3n) is 6.24. The average Bonchev–Trinajstić information content (AvgIpc) is 2.79. The number of dihydropyridines is 1. The van der Waals surface area contributed by atoms with Crippen LogP contribution in [0.2, 0.25) is 0 Å². The van der Waals surface area contributed by atoms with E-state index in [1.807, 2.05) is 51.1 Å². The summed E-state index contributed by atoms with van der Waals surface area (Å²) < 4.78 is 5.68. The molecule has 1 aliphatic heterocycles. The monoisotopic (exact) mass is 416 g/mol. The number of carbonyl (C=O) groups excluding carboxylic acids is 2. The minimum absolute atomic E-state index is 0.0748. The molecule has 5 heteroatoms. The molecule has 2 aromatic rings. The number of benzene rings is 1. The van der Waals surface area contributed by atoms with Crippen molar-refractivity contribution in [1.29, 1.82) is 0 Å². The number of Topliss-reactive ketones (excluding diaryl/α,β-unsaturated/α-hetero) is 1. The fourth-order valence-corrected chi connectivity index (χ4v) is 4.49. The minimum atomic E-state index is -0.444. The number of allylic oxidation sites excluding steroid dienone is 3. The van der Waals surface area contributed by atoms with Crippen LogP contribution in [0.1, 0.15) is 63.0 Å². The predicted octanol–water partition coefficient (Wildman–Crippen LogP) is 4.78. The van der Waals surface area contributed by atoms with Gasteiger partial charge in [0.2, 0.25) is 0 Å². The van der Waals surface area contributed by atoms with E-state index in [0.29, 0.717) is 17.6 Å². The lowest BCUT2D eigenvalue weighted by Crippen LogP contribution is -2.36. The maximum atomic E-state index is 13.5. The van der Waals surface area contributed by atoms with Gasteiger partial charge in [0.05, 0.1) is 11.7 Å². The lowest BCUT2D eigenvalue weighted by molar-refractivity contribution is -0.144. The van der Waals surface area contributed by atoms with Gasteiger partial charge in [-0.05, 0) is 55.9 Å². The Morgan fingerprint density at radius 3 is 2.52 bits per heavy atom. The Morgan fingerprint density at radius 2 is 1.84 bits per heavy atom. The first-order valence-electron chi connectivity index (χ1n) is 10.9. The molecular weight excluding hydrogens is 388 g/mol. The van der Waals surface area contributed by atoms with Crippen LogP contribution in [0.3, 0.4) is 0 Å². The summed E-state index contributed by atoms with van der Waals surface area (Å²) in [5, 5.41) is 3.39. The first kappa shape index (κ1) is 21.0. The van der Waals surface area contributed by atoms with Crippen LogP contribution in [0.15, 0.2) is 77.4 Å². The molecule has 4 rings (SSSR count). The minimum Gasteiger partial charge on any atom is -0.459 e. The lowest BCUT2D eigenvalue weighted by Gasteiger charge is -2.37. The van der Waals surface area contributed by atoms with Crippen LogP contribution in [0.4, 0.5) is 0 Å². The van der Waals surface area contributed by atoms with Crippen LogP contribution in [0, 0.1) is 0 Å². The number of hydrogen-bond donors (Lipinski definition) is 1. The van der Waals surface area contributed by atoms with Gasteiger partial charge in [0.15, 0.2) is 5.78 Å². The van der Waals surface area contributed by atoms with Crippen LogP contribution >= 0.6 is 0 Å². The van der Waals surface area contributed by atoms with E-state index >= 15 is 0 Å². The molecule has 0 bridgehead atoms. The zero-order valence-electron chi connectivity index (χ0n) is 18.2. The van der Waals surface area contributed by atoms with Crippen LogP contribution in [-0.2, 0) is 14.3 Å². The molecule has 0 spiro atoms. The summed E-state index contributed by atoms with van der Waals surface area (Å²) in [5.74, 6) is -0.615. The van der Waals surface area contributed by atoms with Gasteiger partial charge in [0, 0.05) is 41.7 Å². The molecule has 1 aliphatic carbocycles. The first-order chi connectivity index (χ1) is 15.0. The van der Waals surface area contributed by atoms with E-state index in [9.17, 15) is 9.59 Å². The number of nitrogens with one attached hydrogen (secondary N) is 1. The molecule has 1 N–H and O–H groups in total. The maximum Gasteiger partial charge on any atom is 0.337 e. The lowest BCUT2D eigenvalue weighted by atomic mass is 9.72. The Bertz CT molecular complexity index is 1040. The maximum absolute atomic E-state index is 13.5. The highest BCUT2D eigenvalue weighted by Crippen LogP contribution is 2.45. The van der Waals surface area contributed by atoms with Crippen molar-refractivity contribution in [3.63, 3.8) is 0 Å². The second-order valence-corrected chi connectivity index (χ2v) is 8.33. The molecule has 0 saturated heterocycles. The largest absolute Gasteiger partial charge is 0.459 e. The van der Waals surface area contributed by atoms with Crippen molar-refractivity contribution in [3.05, 3.63) is 88.5 Å². The molecule has 0 fully saturated rings. The molecule has 1 aromatic heterocycles. The normalized spacial score (nSPS) is 22.0. The molecule has 2 aliphatic rings. The number of aromatic nitrogens is 1. The van der Waals surface area contributed by atoms with Crippen LogP contribution in [0.5, 0.6) is 0 Å². The third-order valence-corrected chi connectivity index (χ3v) is 6.24. The summed E-state index contributed by atoms with van der Waals surface area (Å²) in [6.45, 7) is 5.75. The molecule has 160 valence electrons. The molecule has 0 radical (unpaired) electrons. The van der Waals surface area contributed by atoms with E-state index in [0.717, 1.165) is 35.4 Å². The van der Waals surface area contributed by atoms with E-state index in [2.05, 4.69) is 22.4 Å². The van der Waals surface area contributed by atoms with E-state index in [-0.39, 0.29) is 23.8 Å². The number of esters is 1. The number of ether oxygens (including phenoxy) is 1. The summed E-state index contributed by atoms with van der Waals surface area (Å²) in [6, 6.07) is 13.9. The number of hydrogen-bond acceptors (Lipinski definition) is 5. The molecule has 2 heterocycles. The van der Waals surface area contributed by atoms with Crippen molar-refractivity contribution in [3.8, 4) is 0 Å². The second-order valence-electron chi connectivity index (χ2n) is 8.33. The summed E-state index contributed by atoms with van der Waals surface area (Å²) in [6.07, 6.45) is 5.11. The van der Waals surface area contributed by atoms with E-state index < -0.39 is 5.92 Å². The van der Waals surface area contributed by atoms with Crippen molar-refractivity contribution in [2.45, 2.75) is 58.0 Å². The van der Waals surface area contributed by atoms with Crippen LogP contribution < -0.4 is 5.32 Å². The van der Waals surface area contributed by atoms with Crippen LogP contribution in [-0.4, -0.2) is 22.8 Å². The topological polar surface area (TPSA) is 68.3 Å². The second kappa shape index (κ2) is 8.88. The average molecular weight is 417 g/mol. The Morgan fingerprint density at radius 1 is 1.13 bits per heavy atom. The first-order valence-corrected chi connectivity index (χ1v) is 10.9. The SMILES string of the molecule is CC[C@@H](C)OC(=O)C1=C(C)NC2=C(C(=O)C[C@H](c3ccccc3)C2)[C@@H]1c1ccncc1. The molecule has 0 saturated carbocycles. The molecule has 31 heavy (non-hydrogen) atoms. The Hall–Kier alpha value is -3.21.